The Balaban J connectivity index is 2.07. The van der Waals surface area contributed by atoms with Gasteiger partial charge in [-0.2, -0.15) is 0 Å². The van der Waals surface area contributed by atoms with E-state index in [-0.39, 0.29) is 6.61 Å². The van der Waals surface area contributed by atoms with Gasteiger partial charge in [0.1, 0.15) is 5.54 Å². The Labute approximate surface area is 172 Å². The number of aliphatic hydroxyl groups is 1. The lowest BCUT2D eigenvalue weighted by molar-refractivity contribution is 0.215. The second-order valence-corrected chi connectivity index (χ2v) is 8.02. The van der Waals surface area contributed by atoms with Gasteiger partial charge in [0, 0.05) is 11.6 Å². The van der Waals surface area contributed by atoms with Crippen LogP contribution in [0.3, 0.4) is 0 Å². The maximum atomic E-state index is 9.86. The van der Waals surface area contributed by atoms with Gasteiger partial charge in [-0.3, -0.25) is 0 Å². The quantitative estimate of drug-likeness (QED) is 0.477. The summed E-state index contributed by atoms with van der Waals surface area (Å²) in [5.41, 5.74) is 3.35. The summed E-state index contributed by atoms with van der Waals surface area (Å²) in [6.07, 6.45) is 3.96. The van der Waals surface area contributed by atoms with Crippen LogP contribution in [-0.2, 0) is 11.0 Å². The minimum Gasteiger partial charge on any atom is -0.395 e. The molecule has 0 spiro atoms. The Hall–Kier alpha value is -3.17. The molecule has 3 nitrogen and oxygen atoms in total. The fourth-order valence-electron chi connectivity index (χ4n) is 3.92. The molecule has 146 valence electrons. The molecule has 3 aromatic carbocycles. The normalized spacial score (nSPS) is 12.1. The molecule has 3 heteroatoms. The van der Waals surface area contributed by atoms with E-state index in [1.54, 1.807) is 0 Å². The van der Waals surface area contributed by atoms with Gasteiger partial charge in [-0.05, 0) is 16.7 Å². The van der Waals surface area contributed by atoms with Crippen molar-refractivity contribution in [1.82, 2.24) is 9.55 Å². The first-order valence-electron chi connectivity index (χ1n) is 9.91. The standard InChI is InChI=1S/C26H26N2O/c1-25(2,19-29)24-18-28(20-27-24)26(21-12-6-3-7-13-21,22-14-8-4-9-15-22)23-16-10-5-11-17-23/h3-18,20,29H,19H2,1-2H3. The third-order valence-corrected chi connectivity index (χ3v) is 5.63. The molecule has 1 heterocycles. The molecule has 0 aliphatic rings. The second-order valence-electron chi connectivity index (χ2n) is 8.02. The number of hydrogen-bond acceptors (Lipinski definition) is 2. The van der Waals surface area contributed by atoms with Crippen LogP contribution in [0.15, 0.2) is 104 Å². The van der Waals surface area contributed by atoms with E-state index in [2.05, 4.69) is 83.6 Å². The van der Waals surface area contributed by atoms with E-state index in [1.165, 1.54) is 0 Å². The van der Waals surface area contributed by atoms with E-state index in [0.717, 1.165) is 22.4 Å². The Morgan fingerprint density at radius 1 is 0.724 bits per heavy atom. The van der Waals surface area contributed by atoms with Crippen molar-refractivity contribution in [3.05, 3.63) is 126 Å². The molecular formula is C26H26N2O. The Morgan fingerprint density at radius 3 is 1.52 bits per heavy atom. The highest BCUT2D eigenvalue weighted by atomic mass is 16.3. The van der Waals surface area contributed by atoms with Crippen LogP contribution in [0.2, 0.25) is 0 Å². The van der Waals surface area contributed by atoms with Crippen molar-refractivity contribution in [2.45, 2.75) is 24.8 Å². The van der Waals surface area contributed by atoms with E-state index in [9.17, 15) is 5.11 Å². The second kappa shape index (κ2) is 7.69. The average molecular weight is 383 g/mol. The molecule has 29 heavy (non-hydrogen) atoms. The summed E-state index contributed by atoms with van der Waals surface area (Å²) in [5.74, 6) is 0. The predicted octanol–water partition coefficient (Wildman–Crippen LogP) is 4.99. The molecule has 0 atom stereocenters. The van der Waals surface area contributed by atoms with E-state index < -0.39 is 11.0 Å². The fraction of sp³-hybridized carbons (Fsp3) is 0.192. The molecular weight excluding hydrogens is 356 g/mol. The summed E-state index contributed by atoms with van der Waals surface area (Å²) in [4.78, 5) is 4.70. The van der Waals surface area contributed by atoms with Gasteiger partial charge in [-0.25, -0.2) is 4.98 Å². The molecule has 0 unspecified atom stereocenters. The van der Waals surface area contributed by atoms with E-state index in [4.69, 9.17) is 4.98 Å². The number of hydrogen-bond donors (Lipinski definition) is 1. The maximum absolute atomic E-state index is 9.86. The smallest absolute Gasteiger partial charge is 0.121 e. The summed E-state index contributed by atoms with van der Waals surface area (Å²) in [6.45, 7) is 4.06. The van der Waals surface area contributed by atoms with Gasteiger partial charge >= 0.3 is 0 Å². The number of nitrogens with zero attached hydrogens (tertiary/aromatic N) is 2. The summed E-state index contributed by atoms with van der Waals surface area (Å²) >= 11 is 0. The van der Waals surface area contributed by atoms with Crippen molar-refractivity contribution in [3.8, 4) is 0 Å². The first kappa shape index (κ1) is 19.2. The number of aromatic nitrogens is 2. The zero-order valence-corrected chi connectivity index (χ0v) is 16.9. The molecule has 4 aromatic rings. The maximum Gasteiger partial charge on any atom is 0.121 e. The third-order valence-electron chi connectivity index (χ3n) is 5.63. The van der Waals surface area contributed by atoms with Crippen LogP contribution in [-0.4, -0.2) is 21.3 Å². The molecule has 0 amide bonds. The van der Waals surface area contributed by atoms with Crippen molar-refractivity contribution in [2.75, 3.05) is 6.61 Å². The highest BCUT2D eigenvalue weighted by Gasteiger charge is 2.39. The van der Waals surface area contributed by atoms with Gasteiger partial charge < -0.3 is 9.67 Å². The van der Waals surface area contributed by atoms with Crippen molar-refractivity contribution < 1.29 is 5.11 Å². The van der Waals surface area contributed by atoms with Crippen LogP contribution in [0.4, 0.5) is 0 Å². The zero-order chi connectivity index (χ0) is 20.3. The summed E-state index contributed by atoms with van der Waals surface area (Å²) in [6, 6.07) is 31.6. The summed E-state index contributed by atoms with van der Waals surface area (Å²) in [7, 11) is 0. The first-order chi connectivity index (χ1) is 14.1. The monoisotopic (exact) mass is 382 g/mol. The van der Waals surface area contributed by atoms with Gasteiger partial charge in [0.05, 0.1) is 18.6 Å². The van der Waals surface area contributed by atoms with Crippen molar-refractivity contribution in [1.29, 1.82) is 0 Å². The minimum absolute atomic E-state index is 0.0407. The number of aliphatic hydroxyl groups excluding tert-OH is 1. The molecule has 0 radical (unpaired) electrons. The SMILES string of the molecule is CC(C)(CO)c1cn(C(c2ccccc2)(c2ccccc2)c2ccccc2)cn1. The first-order valence-corrected chi connectivity index (χ1v) is 9.91. The fourth-order valence-corrected chi connectivity index (χ4v) is 3.92. The van der Waals surface area contributed by atoms with E-state index >= 15 is 0 Å². The lowest BCUT2D eigenvalue weighted by Gasteiger charge is -2.37. The topological polar surface area (TPSA) is 38.0 Å². The van der Waals surface area contributed by atoms with Gasteiger partial charge in [0.15, 0.2) is 0 Å². The Bertz CT molecular complexity index is 957. The summed E-state index contributed by atoms with van der Waals surface area (Å²) in [5, 5.41) is 9.86. The highest BCUT2D eigenvalue weighted by Crippen LogP contribution is 2.41. The molecule has 0 bridgehead atoms. The lowest BCUT2D eigenvalue weighted by Crippen LogP contribution is -2.37. The zero-order valence-electron chi connectivity index (χ0n) is 16.9. The van der Waals surface area contributed by atoms with Gasteiger partial charge in [-0.15, -0.1) is 0 Å². The van der Waals surface area contributed by atoms with Gasteiger partial charge in [-0.1, -0.05) is 105 Å². The predicted molar refractivity (Wildman–Crippen MR) is 117 cm³/mol. The number of rotatable bonds is 6. The van der Waals surface area contributed by atoms with Gasteiger partial charge in [0.2, 0.25) is 0 Å². The largest absolute Gasteiger partial charge is 0.395 e. The van der Waals surface area contributed by atoms with Crippen LogP contribution >= 0.6 is 0 Å². The summed E-state index contributed by atoms with van der Waals surface area (Å²) < 4.78 is 2.18. The van der Waals surface area contributed by atoms with Gasteiger partial charge in [0.25, 0.3) is 0 Å². The Morgan fingerprint density at radius 2 is 1.14 bits per heavy atom. The molecule has 1 aromatic heterocycles. The van der Waals surface area contributed by atoms with Crippen molar-refractivity contribution in [3.63, 3.8) is 0 Å². The molecule has 4 rings (SSSR count). The number of benzene rings is 3. The van der Waals surface area contributed by atoms with Crippen LogP contribution in [0, 0.1) is 0 Å². The van der Waals surface area contributed by atoms with Crippen LogP contribution < -0.4 is 0 Å². The lowest BCUT2D eigenvalue weighted by atomic mass is 9.76. The minimum atomic E-state index is -0.569. The molecule has 0 aliphatic carbocycles. The van der Waals surface area contributed by atoms with Crippen LogP contribution in [0.1, 0.15) is 36.2 Å². The molecule has 1 N–H and O–H groups in total. The molecule has 0 saturated carbocycles. The van der Waals surface area contributed by atoms with E-state index in [0.29, 0.717) is 0 Å². The number of imidazole rings is 1. The van der Waals surface area contributed by atoms with Crippen molar-refractivity contribution in [2.24, 2.45) is 0 Å². The molecule has 0 fully saturated rings. The third kappa shape index (κ3) is 3.28. The van der Waals surface area contributed by atoms with Crippen LogP contribution in [0.5, 0.6) is 0 Å². The van der Waals surface area contributed by atoms with Crippen LogP contribution in [0.25, 0.3) is 0 Å². The Kier molecular flexibility index (Phi) is 5.08. The van der Waals surface area contributed by atoms with E-state index in [1.807, 2.05) is 38.4 Å². The highest BCUT2D eigenvalue weighted by molar-refractivity contribution is 5.50. The molecule has 0 saturated heterocycles. The molecule has 0 aliphatic heterocycles. The van der Waals surface area contributed by atoms with Crippen molar-refractivity contribution >= 4 is 0 Å². The average Bonchev–Trinajstić information content (AvgIpc) is 3.28.